The van der Waals surface area contributed by atoms with Crippen LogP contribution in [0.4, 0.5) is 0 Å². The Labute approximate surface area is 134 Å². The fraction of sp³-hybridized carbons (Fsp3) is 0.222. The van der Waals surface area contributed by atoms with E-state index in [0.717, 1.165) is 22.1 Å². The largest absolute Gasteiger partial charge is 0.452 e. The van der Waals surface area contributed by atoms with Crippen molar-refractivity contribution in [1.29, 1.82) is 0 Å². The molecule has 5 heteroatoms. The molecule has 0 amide bonds. The number of ketones is 1. The van der Waals surface area contributed by atoms with Gasteiger partial charge in [0, 0.05) is 29.8 Å². The first-order valence-electron chi connectivity index (χ1n) is 7.41. The molecule has 1 aromatic carbocycles. The van der Waals surface area contributed by atoms with Crippen LogP contribution in [0.5, 0.6) is 0 Å². The van der Waals surface area contributed by atoms with Gasteiger partial charge >= 0.3 is 0 Å². The Balaban J connectivity index is 1.77. The number of hydrogen-bond donors (Lipinski definition) is 0. The van der Waals surface area contributed by atoms with Gasteiger partial charge in [0.25, 0.3) is 0 Å². The lowest BCUT2D eigenvalue weighted by Gasteiger charge is -1.97. The molecule has 3 aromatic rings. The Morgan fingerprint density at radius 3 is 3.00 bits per heavy atom. The highest BCUT2D eigenvalue weighted by atomic mass is 16.5. The van der Waals surface area contributed by atoms with Crippen molar-refractivity contribution < 1.29 is 13.9 Å². The Bertz CT molecular complexity index is 858. The first kappa shape index (κ1) is 15.2. The van der Waals surface area contributed by atoms with E-state index in [1.165, 1.54) is 6.08 Å². The second-order valence-corrected chi connectivity index (χ2v) is 5.28. The van der Waals surface area contributed by atoms with Crippen molar-refractivity contribution in [3.05, 3.63) is 59.6 Å². The van der Waals surface area contributed by atoms with Crippen LogP contribution in [-0.2, 0) is 11.3 Å². The maximum Gasteiger partial charge on any atom is 0.221 e. The van der Waals surface area contributed by atoms with E-state index >= 15 is 0 Å². The number of benzene rings is 1. The van der Waals surface area contributed by atoms with Gasteiger partial charge in [0.05, 0.1) is 19.3 Å². The van der Waals surface area contributed by atoms with Crippen LogP contribution in [0.1, 0.15) is 21.7 Å². The minimum atomic E-state index is -0.150. The molecule has 3 rings (SSSR count). The second-order valence-electron chi connectivity index (χ2n) is 5.28. The van der Waals surface area contributed by atoms with Crippen molar-refractivity contribution in [2.45, 2.75) is 13.5 Å². The van der Waals surface area contributed by atoms with Gasteiger partial charge in [0.1, 0.15) is 5.58 Å². The Morgan fingerprint density at radius 2 is 2.22 bits per heavy atom. The van der Waals surface area contributed by atoms with E-state index in [2.05, 4.69) is 5.10 Å². The number of carbonyl (C=O) groups excluding carboxylic acids is 1. The number of aromatic nitrogens is 2. The molecule has 0 saturated carbocycles. The summed E-state index contributed by atoms with van der Waals surface area (Å²) in [6.45, 7) is 3.18. The lowest BCUT2D eigenvalue weighted by Crippen LogP contribution is -2.03. The lowest BCUT2D eigenvalue weighted by atomic mass is 10.1. The van der Waals surface area contributed by atoms with Gasteiger partial charge in [-0.05, 0) is 25.1 Å². The predicted octanol–water partition coefficient (Wildman–Crippen LogP) is 3.48. The fourth-order valence-electron chi connectivity index (χ4n) is 2.43. The molecule has 0 aliphatic heterocycles. The van der Waals surface area contributed by atoms with Crippen molar-refractivity contribution in [3.63, 3.8) is 0 Å². The van der Waals surface area contributed by atoms with E-state index in [1.54, 1.807) is 24.1 Å². The fourth-order valence-corrected chi connectivity index (χ4v) is 2.43. The summed E-state index contributed by atoms with van der Waals surface area (Å²) in [5.74, 6) is 0.234. The molecule has 0 atom stereocenters. The van der Waals surface area contributed by atoms with Crippen LogP contribution in [0.3, 0.4) is 0 Å². The molecule has 5 nitrogen and oxygen atoms in total. The van der Waals surface area contributed by atoms with Crippen LogP contribution in [0.2, 0.25) is 0 Å². The zero-order chi connectivity index (χ0) is 16.2. The molecule has 0 fully saturated rings. The number of carbonyl (C=O) groups is 1. The van der Waals surface area contributed by atoms with Crippen molar-refractivity contribution in [3.8, 4) is 0 Å². The van der Waals surface area contributed by atoms with Crippen LogP contribution < -0.4 is 0 Å². The van der Waals surface area contributed by atoms with Gasteiger partial charge in [-0.15, -0.1) is 0 Å². The summed E-state index contributed by atoms with van der Waals surface area (Å²) in [6, 6.07) is 7.64. The van der Waals surface area contributed by atoms with Gasteiger partial charge in [-0.2, -0.15) is 5.10 Å². The number of aryl methyl sites for hydroxylation is 1. The molecule has 0 saturated heterocycles. The average Bonchev–Trinajstić information content (AvgIpc) is 3.16. The molecule has 0 bridgehead atoms. The molecule has 2 heterocycles. The predicted molar refractivity (Wildman–Crippen MR) is 88.4 cm³/mol. The number of furan rings is 1. The summed E-state index contributed by atoms with van der Waals surface area (Å²) in [6.07, 6.45) is 6.84. The summed E-state index contributed by atoms with van der Waals surface area (Å²) in [5, 5.41) is 5.18. The molecule has 0 aliphatic carbocycles. The first-order chi connectivity index (χ1) is 11.2. The van der Waals surface area contributed by atoms with Crippen molar-refractivity contribution in [2.75, 3.05) is 13.7 Å². The highest BCUT2D eigenvalue weighted by Gasteiger charge is 2.14. The molecule has 23 heavy (non-hydrogen) atoms. The molecule has 0 aliphatic rings. The van der Waals surface area contributed by atoms with Crippen LogP contribution in [0, 0.1) is 6.92 Å². The molecule has 2 aromatic heterocycles. The van der Waals surface area contributed by atoms with Crippen LogP contribution in [0.15, 0.2) is 47.2 Å². The number of hydrogen-bond acceptors (Lipinski definition) is 4. The van der Waals surface area contributed by atoms with Crippen LogP contribution in [0.25, 0.3) is 17.0 Å². The Morgan fingerprint density at radius 1 is 1.39 bits per heavy atom. The summed E-state index contributed by atoms with van der Waals surface area (Å²) in [4.78, 5) is 12.4. The SMILES string of the molecule is COCCn1cc(C=CC(=O)c2oc3ccccc3c2C)cn1. The maximum atomic E-state index is 12.4. The van der Waals surface area contributed by atoms with Crippen LogP contribution >= 0.6 is 0 Å². The smallest absolute Gasteiger partial charge is 0.221 e. The van der Waals surface area contributed by atoms with E-state index < -0.39 is 0 Å². The summed E-state index contributed by atoms with van der Waals surface area (Å²) < 4.78 is 12.5. The number of allylic oxidation sites excluding steroid dienone is 1. The van der Waals surface area contributed by atoms with Crippen molar-refractivity contribution >= 4 is 22.8 Å². The number of ether oxygens (including phenoxy) is 1. The standard InChI is InChI=1S/C18H18N2O3/c1-13-15-5-3-4-6-17(15)23-18(13)16(21)8-7-14-11-19-20(12-14)9-10-22-2/h3-8,11-12H,9-10H2,1-2H3. The van der Waals surface area contributed by atoms with E-state index in [1.807, 2.05) is 37.4 Å². The zero-order valence-electron chi connectivity index (χ0n) is 13.2. The summed E-state index contributed by atoms with van der Waals surface area (Å²) in [7, 11) is 1.65. The summed E-state index contributed by atoms with van der Waals surface area (Å²) in [5.41, 5.74) is 2.46. The van der Waals surface area contributed by atoms with Gasteiger partial charge in [-0.1, -0.05) is 18.2 Å². The van der Waals surface area contributed by atoms with Gasteiger partial charge in [0.2, 0.25) is 5.78 Å². The highest BCUT2D eigenvalue weighted by Crippen LogP contribution is 2.25. The van der Waals surface area contributed by atoms with Gasteiger partial charge < -0.3 is 9.15 Å². The zero-order valence-corrected chi connectivity index (χ0v) is 13.2. The Kier molecular flexibility index (Phi) is 4.39. The molecule has 0 unspecified atom stereocenters. The third-order valence-electron chi connectivity index (χ3n) is 3.67. The van der Waals surface area contributed by atoms with E-state index in [9.17, 15) is 4.79 Å². The highest BCUT2D eigenvalue weighted by molar-refractivity contribution is 6.08. The van der Waals surface area contributed by atoms with E-state index in [-0.39, 0.29) is 5.78 Å². The minimum Gasteiger partial charge on any atom is -0.452 e. The normalized spacial score (nSPS) is 11.6. The number of nitrogens with zero attached hydrogens (tertiary/aromatic N) is 2. The van der Waals surface area contributed by atoms with E-state index in [4.69, 9.17) is 9.15 Å². The molecule has 118 valence electrons. The molecule has 0 radical (unpaired) electrons. The lowest BCUT2D eigenvalue weighted by molar-refractivity contribution is 0.102. The van der Waals surface area contributed by atoms with Gasteiger partial charge in [0.15, 0.2) is 5.76 Å². The number of methoxy groups -OCH3 is 1. The van der Waals surface area contributed by atoms with Crippen molar-refractivity contribution in [2.24, 2.45) is 0 Å². The first-order valence-corrected chi connectivity index (χ1v) is 7.41. The maximum absolute atomic E-state index is 12.4. The van der Waals surface area contributed by atoms with Crippen molar-refractivity contribution in [1.82, 2.24) is 9.78 Å². The van der Waals surface area contributed by atoms with Gasteiger partial charge in [-0.25, -0.2) is 0 Å². The topological polar surface area (TPSA) is 57.3 Å². The Hall–Kier alpha value is -2.66. The quantitative estimate of drug-likeness (QED) is 0.516. The second kappa shape index (κ2) is 6.62. The number of rotatable bonds is 6. The number of fused-ring (bicyclic) bond motifs is 1. The molecule has 0 spiro atoms. The molecular formula is C18H18N2O3. The van der Waals surface area contributed by atoms with Gasteiger partial charge in [-0.3, -0.25) is 9.48 Å². The van der Waals surface area contributed by atoms with Crippen LogP contribution in [-0.4, -0.2) is 29.3 Å². The average molecular weight is 310 g/mol. The number of para-hydroxylation sites is 1. The minimum absolute atomic E-state index is 0.150. The van der Waals surface area contributed by atoms with E-state index in [0.29, 0.717) is 18.9 Å². The molecular weight excluding hydrogens is 292 g/mol. The third kappa shape index (κ3) is 3.24. The summed E-state index contributed by atoms with van der Waals surface area (Å²) >= 11 is 0. The third-order valence-corrected chi connectivity index (χ3v) is 3.67. The molecule has 0 N–H and O–H groups in total. The monoisotopic (exact) mass is 310 g/mol.